The number of aryl methyl sites for hydroxylation is 1. The number of nitrogens with one attached hydrogen (secondary N) is 1. The summed E-state index contributed by atoms with van der Waals surface area (Å²) >= 11 is 1.35. The molecule has 108 valence electrons. The minimum absolute atomic E-state index is 0.0356. The highest BCUT2D eigenvalue weighted by Crippen LogP contribution is 2.06. The van der Waals surface area contributed by atoms with Gasteiger partial charge in [0.2, 0.25) is 0 Å². The monoisotopic (exact) mass is 303 g/mol. The number of nitrogens with zero attached hydrogens (tertiary/aromatic N) is 4. The van der Waals surface area contributed by atoms with Gasteiger partial charge in [0.05, 0.1) is 12.2 Å². The Morgan fingerprint density at radius 2 is 2.33 bits per heavy atom. The molecule has 0 spiro atoms. The Bertz CT molecular complexity index is 847. The van der Waals surface area contributed by atoms with Gasteiger partial charge in [0.15, 0.2) is 4.96 Å². The van der Waals surface area contributed by atoms with Gasteiger partial charge in [-0.1, -0.05) is 0 Å². The third-order valence-electron chi connectivity index (χ3n) is 3.12. The van der Waals surface area contributed by atoms with Crippen LogP contribution in [0.15, 0.2) is 34.8 Å². The van der Waals surface area contributed by atoms with Crippen molar-refractivity contribution in [3.8, 4) is 0 Å². The molecule has 0 aromatic carbocycles. The highest BCUT2D eigenvalue weighted by Gasteiger charge is 2.14. The first-order valence-corrected chi connectivity index (χ1v) is 7.32. The van der Waals surface area contributed by atoms with E-state index in [-0.39, 0.29) is 11.1 Å². The average molecular weight is 303 g/mol. The number of rotatable bonds is 4. The second-order valence-electron chi connectivity index (χ2n) is 4.35. The Hall–Kier alpha value is -2.48. The molecule has 0 aliphatic carbocycles. The molecule has 3 aromatic rings. The third-order valence-corrected chi connectivity index (χ3v) is 3.89. The summed E-state index contributed by atoms with van der Waals surface area (Å²) in [5.74, 6) is -0.433. The molecule has 7 nitrogen and oxygen atoms in total. The Balaban J connectivity index is 1.81. The van der Waals surface area contributed by atoms with E-state index in [1.165, 1.54) is 21.9 Å². The Morgan fingerprint density at radius 3 is 3.14 bits per heavy atom. The van der Waals surface area contributed by atoms with Crippen molar-refractivity contribution in [2.75, 3.05) is 0 Å². The van der Waals surface area contributed by atoms with E-state index in [1.807, 2.05) is 13.0 Å². The molecule has 21 heavy (non-hydrogen) atoms. The lowest BCUT2D eigenvalue weighted by molar-refractivity contribution is 0.0948. The van der Waals surface area contributed by atoms with Crippen LogP contribution in [0.5, 0.6) is 0 Å². The Labute approximate surface area is 123 Å². The van der Waals surface area contributed by atoms with Crippen LogP contribution in [-0.2, 0) is 13.1 Å². The molecule has 3 heterocycles. The van der Waals surface area contributed by atoms with Gasteiger partial charge in [-0.25, -0.2) is 4.98 Å². The number of amides is 1. The lowest BCUT2D eigenvalue weighted by Gasteiger charge is -2.06. The molecule has 0 saturated heterocycles. The summed E-state index contributed by atoms with van der Waals surface area (Å²) in [5.41, 5.74) is 0.562. The lowest BCUT2D eigenvalue weighted by atomic mass is 10.3. The van der Waals surface area contributed by atoms with E-state index in [2.05, 4.69) is 15.4 Å². The van der Waals surface area contributed by atoms with Crippen LogP contribution in [0.4, 0.5) is 0 Å². The van der Waals surface area contributed by atoms with Crippen molar-refractivity contribution in [3.05, 3.63) is 51.6 Å². The van der Waals surface area contributed by atoms with Gasteiger partial charge in [-0.15, -0.1) is 11.3 Å². The molecule has 0 saturated carbocycles. The first-order chi connectivity index (χ1) is 10.2. The number of thiazole rings is 1. The molecule has 0 fully saturated rings. The van der Waals surface area contributed by atoms with Gasteiger partial charge >= 0.3 is 0 Å². The van der Waals surface area contributed by atoms with Crippen molar-refractivity contribution in [1.29, 1.82) is 0 Å². The molecule has 3 rings (SSSR count). The smallest absolute Gasteiger partial charge is 0.271 e. The molecule has 0 unspecified atom stereocenters. The minimum atomic E-state index is -0.433. The maximum atomic E-state index is 12.2. The first-order valence-electron chi connectivity index (χ1n) is 6.44. The van der Waals surface area contributed by atoms with Crippen molar-refractivity contribution < 1.29 is 4.79 Å². The SMILES string of the molecule is CCn1nccc1CNC(=O)c1cnc2sccn2c1=O. The largest absolute Gasteiger partial charge is 0.346 e. The van der Waals surface area contributed by atoms with Gasteiger partial charge in [-0.3, -0.25) is 18.7 Å². The summed E-state index contributed by atoms with van der Waals surface area (Å²) < 4.78 is 3.16. The maximum absolute atomic E-state index is 12.2. The molecule has 0 aliphatic rings. The van der Waals surface area contributed by atoms with Crippen LogP contribution in [0.2, 0.25) is 0 Å². The molecule has 0 atom stereocenters. The van der Waals surface area contributed by atoms with Crippen molar-refractivity contribution in [1.82, 2.24) is 24.5 Å². The van der Waals surface area contributed by atoms with Crippen molar-refractivity contribution in [2.24, 2.45) is 0 Å². The average Bonchev–Trinajstić information content (AvgIpc) is 3.13. The van der Waals surface area contributed by atoms with E-state index < -0.39 is 5.91 Å². The number of carbonyl (C=O) groups excluding carboxylic acids is 1. The molecule has 0 aliphatic heterocycles. The fourth-order valence-corrected chi connectivity index (χ4v) is 2.72. The summed E-state index contributed by atoms with van der Waals surface area (Å²) in [7, 11) is 0. The molecule has 0 radical (unpaired) electrons. The topological polar surface area (TPSA) is 81.3 Å². The van der Waals surface area contributed by atoms with Gasteiger partial charge in [-0.05, 0) is 13.0 Å². The highest BCUT2D eigenvalue weighted by atomic mass is 32.1. The van der Waals surface area contributed by atoms with Gasteiger partial charge in [0, 0.05) is 30.5 Å². The molecular formula is C13H13N5O2S. The van der Waals surface area contributed by atoms with Crippen LogP contribution >= 0.6 is 11.3 Å². The summed E-state index contributed by atoms with van der Waals surface area (Å²) in [6.07, 6.45) is 4.61. The van der Waals surface area contributed by atoms with Crippen molar-refractivity contribution in [2.45, 2.75) is 20.0 Å². The summed E-state index contributed by atoms with van der Waals surface area (Å²) in [4.78, 5) is 29.0. The van der Waals surface area contributed by atoms with E-state index in [1.54, 1.807) is 22.5 Å². The molecule has 0 bridgehead atoms. The zero-order valence-corrected chi connectivity index (χ0v) is 12.1. The zero-order valence-electron chi connectivity index (χ0n) is 11.3. The maximum Gasteiger partial charge on any atom is 0.271 e. The predicted molar refractivity (Wildman–Crippen MR) is 78.4 cm³/mol. The fraction of sp³-hybridized carbons (Fsp3) is 0.231. The number of hydrogen-bond donors (Lipinski definition) is 1. The standard InChI is InChI=1S/C13H13N5O2S/c1-2-18-9(3-4-16-18)7-14-11(19)10-8-15-13-17(12(10)20)5-6-21-13/h3-6,8H,2,7H2,1H3,(H,14,19). The number of hydrogen-bond acceptors (Lipinski definition) is 5. The number of carbonyl (C=O) groups is 1. The van der Waals surface area contributed by atoms with E-state index in [4.69, 9.17) is 0 Å². The Morgan fingerprint density at radius 1 is 1.48 bits per heavy atom. The van der Waals surface area contributed by atoms with E-state index >= 15 is 0 Å². The van der Waals surface area contributed by atoms with Gasteiger partial charge in [0.1, 0.15) is 5.56 Å². The van der Waals surface area contributed by atoms with E-state index in [0.29, 0.717) is 11.5 Å². The molecule has 8 heteroatoms. The lowest BCUT2D eigenvalue weighted by Crippen LogP contribution is -2.31. The summed E-state index contributed by atoms with van der Waals surface area (Å²) in [6.45, 7) is 3.01. The normalized spacial score (nSPS) is 10.9. The second-order valence-corrected chi connectivity index (χ2v) is 5.23. The van der Waals surface area contributed by atoms with E-state index in [0.717, 1.165) is 12.2 Å². The first kappa shape index (κ1) is 13.5. The molecule has 1 amide bonds. The van der Waals surface area contributed by atoms with Gasteiger partial charge in [0.25, 0.3) is 11.5 Å². The van der Waals surface area contributed by atoms with Crippen LogP contribution in [0.3, 0.4) is 0 Å². The van der Waals surface area contributed by atoms with Crippen LogP contribution in [-0.4, -0.2) is 25.1 Å². The minimum Gasteiger partial charge on any atom is -0.346 e. The summed E-state index contributed by atoms with van der Waals surface area (Å²) in [6, 6.07) is 1.83. The Kier molecular flexibility index (Phi) is 3.53. The molecule has 1 N–H and O–H groups in total. The van der Waals surface area contributed by atoms with Crippen LogP contribution in [0.25, 0.3) is 4.96 Å². The van der Waals surface area contributed by atoms with Crippen molar-refractivity contribution in [3.63, 3.8) is 0 Å². The molecule has 3 aromatic heterocycles. The number of aromatic nitrogens is 4. The predicted octanol–water partition coefficient (Wildman–Crippen LogP) is 0.902. The highest BCUT2D eigenvalue weighted by molar-refractivity contribution is 7.15. The number of fused-ring (bicyclic) bond motifs is 1. The van der Waals surface area contributed by atoms with Crippen LogP contribution in [0, 0.1) is 0 Å². The zero-order chi connectivity index (χ0) is 14.8. The molecular weight excluding hydrogens is 290 g/mol. The van der Waals surface area contributed by atoms with Crippen molar-refractivity contribution >= 4 is 22.2 Å². The summed E-state index contributed by atoms with van der Waals surface area (Å²) in [5, 5.41) is 8.60. The van der Waals surface area contributed by atoms with Crippen LogP contribution < -0.4 is 10.9 Å². The van der Waals surface area contributed by atoms with Gasteiger partial charge < -0.3 is 5.32 Å². The second kappa shape index (κ2) is 5.49. The third kappa shape index (κ3) is 2.45. The fourth-order valence-electron chi connectivity index (χ4n) is 2.04. The van der Waals surface area contributed by atoms with Gasteiger partial charge in [-0.2, -0.15) is 5.10 Å². The quantitative estimate of drug-likeness (QED) is 0.776. The van der Waals surface area contributed by atoms with Crippen LogP contribution in [0.1, 0.15) is 23.0 Å². The van der Waals surface area contributed by atoms with E-state index in [9.17, 15) is 9.59 Å².